The van der Waals surface area contributed by atoms with Gasteiger partial charge in [0.2, 0.25) is 11.8 Å². The molecule has 2 aliphatic heterocycles. The number of aryl methyl sites for hydroxylation is 1. The van der Waals surface area contributed by atoms with Crippen LogP contribution in [0.1, 0.15) is 50.5 Å². The molecule has 8 heteroatoms. The molecule has 1 saturated heterocycles. The van der Waals surface area contributed by atoms with Crippen molar-refractivity contribution in [2.75, 3.05) is 18.0 Å². The van der Waals surface area contributed by atoms with Crippen LogP contribution in [-0.2, 0) is 35.5 Å². The van der Waals surface area contributed by atoms with Gasteiger partial charge in [-0.05, 0) is 72.2 Å². The highest BCUT2D eigenvalue weighted by atomic mass is 32.1. The van der Waals surface area contributed by atoms with Crippen LogP contribution in [0.2, 0.25) is 0 Å². The fourth-order valence-corrected chi connectivity index (χ4v) is 5.54. The average Bonchev–Trinajstić information content (AvgIpc) is 3.54. The smallest absolute Gasteiger partial charge is 0.254 e. The second-order valence-corrected chi connectivity index (χ2v) is 10.1. The molecule has 0 aliphatic carbocycles. The van der Waals surface area contributed by atoms with Crippen LogP contribution in [0.15, 0.2) is 48.0 Å². The fourth-order valence-electron chi connectivity index (χ4n) is 4.84. The van der Waals surface area contributed by atoms with Gasteiger partial charge < -0.3 is 15.1 Å². The molecule has 0 unspecified atom stereocenters. The second-order valence-electron chi connectivity index (χ2n) is 9.03. The first-order valence-electron chi connectivity index (χ1n) is 11.9. The normalized spacial score (nSPS) is 15.3. The number of pyridine rings is 1. The monoisotopic (exact) mass is 488 g/mol. The summed E-state index contributed by atoms with van der Waals surface area (Å²) in [6, 6.07) is 11.2. The number of benzene rings is 1. The maximum absolute atomic E-state index is 13.2. The standard InChI is InChI=1S/C27H28N4O3S/c1-18-24(16-29-25(32)14-22-4-3-13-35-22)23-10-12-30(17-20(23)15-28-18)27(34)19-6-8-21(9-7-19)31-11-2-5-26(31)33/h3-4,6-9,13,15H,2,5,10-12,14,16-17H2,1H3,(H,29,32). The number of anilines is 1. The molecular formula is C27H28N4O3S. The van der Waals surface area contributed by atoms with Crippen LogP contribution in [0.4, 0.5) is 5.69 Å². The number of thiophene rings is 1. The minimum absolute atomic E-state index is 0.00357. The van der Waals surface area contributed by atoms with Crippen LogP contribution in [0, 0.1) is 6.92 Å². The SMILES string of the molecule is Cc1ncc2c(c1CNC(=O)Cc1cccs1)CCN(C(=O)c1ccc(N3CCCC3=O)cc1)C2. The molecule has 4 heterocycles. The molecule has 3 amide bonds. The maximum Gasteiger partial charge on any atom is 0.254 e. The third-order valence-electron chi connectivity index (χ3n) is 6.76. The van der Waals surface area contributed by atoms with E-state index in [9.17, 15) is 14.4 Å². The molecule has 0 saturated carbocycles. The predicted octanol–water partition coefficient (Wildman–Crippen LogP) is 3.64. The van der Waals surface area contributed by atoms with Gasteiger partial charge in [0.05, 0.1) is 6.42 Å². The molecule has 180 valence electrons. The van der Waals surface area contributed by atoms with Gasteiger partial charge in [0.15, 0.2) is 0 Å². The van der Waals surface area contributed by atoms with Crippen LogP contribution < -0.4 is 10.2 Å². The highest BCUT2D eigenvalue weighted by Gasteiger charge is 2.26. The van der Waals surface area contributed by atoms with Gasteiger partial charge in [-0.3, -0.25) is 19.4 Å². The van der Waals surface area contributed by atoms with Crippen molar-refractivity contribution >= 4 is 34.7 Å². The van der Waals surface area contributed by atoms with Crippen molar-refractivity contribution in [2.24, 2.45) is 0 Å². The molecule has 0 bridgehead atoms. The van der Waals surface area contributed by atoms with Gasteiger partial charge >= 0.3 is 0 Å². The summed E-state index contributed by atoms with van der Waals surface area (Å²) in [5, 5.41) is 5.01. The number of rotatable bonds is 6. The lowest BCUT2D eigenvalue weighted by atomic mass is 9.94. The number of hydrogen-bond donors (Lipinski definition) is 1. The zero-order chi connectivity index (χ0) is 24.4. The van der Waals surface area contributed by atoms with Gasteiger partial charge in [-0.2, -0.15) is 0 Å². The minimum atomic E-state index is -0.0266. The molecule has 5 rings (SSSR count). The van der Waals surface area contributed by atoms with Crippen LogP contribution in [0.25, 0.3) is 0 Å². The largest absolute Gasteiger partial charge is 0.352 e. The Labute approximate surface area is 208 Å². The Morgan fingerprint density at radius 2 is 1.94 bits per heavy atom. The van der Waals surface area contributed by atoms with Gasteiger partial charge in [0, 0.05) is 60.6 Å². The number of amides is 3. The predicted molar refractivity (Wildman–Crippen MR) is 135 cm³/mol. The zero-order valence-electron chi connectivity index (χ0n) is 19.8. The molecule has 0 spiro atoms. The van der Waals surface area contributed by atoms with Crippen molar-refractivity contribution in [3.8, 4) is 0 Å². The molecule has 2 aromatic heterocycles. The number of aromatic nitrogens is 1. The Balaban J connectivity index is 1.25. The third-order valence-corrected chi connectivity index (χ3v) is 7.64. The van der Waals surface area contributed by atoms with Crippen molar-refractivity contribution in [1.82, 2.24) is 15.2 Å². The summed E-state index contributed by atoms with van der Waals surface area (Å²) in [5.74, 6) is 0.107. The lowest BCUT2D eigenvalue weighted by Crippen LogP contribution is -2.37. The molecule has 0 radical (unpaired) electrons. The molecule has 3 aromatic rings. The Morgan fingerprint density at radius 1 is 1.11 bits per heavy atom. The summed E-state index contributed by atoms with van der Waals surface area (Å²) in [6.07, 6.45) is 4.42. The first-order valence-corrected chi connectivity index (χ1v) is 12.8. The maximum atomic E-state index is 13.2. The summed E-state index contributed by atoms with van der Waals surface area (Å²) < 4.78 is 0. The topological polar surface area (TPSA) is 82.6 Å². The zero-order valence-corrected chi connectivity index (χ0v) is 20.6. The van der Waals surface area contributed by atoms with E-state index in [-0.39, 0.29) is 17.7 Å². The number of hydrogen-bond acceptors (Lipinski definition) is 5. The highest BCUT2D eigenvalue weighted by molar-refractivity contribution is 7.10. The summed E-state index contributed by atoms with van der Waals surface area (Å²) >= 11 is 1.58. The minimum Gasteiger partial charge on any atom is -0.352 e. The van der Waals surface area contributed by atoms with E-state index in [1.807, 2.05) is 47.7 Å². The van der Waals surface area contributed by atoms with E-state index in [2.05, 4.69) is 10.3 Å². The summed E-state index contributed by atoms with van der Waals surface area (Å²) in [6.45, 7) is 4.24. The summed E-state index contributed by atoms with van der Waals surface area (Å²) in [7, 11) is 0. The van der Waals surface area contributed by atoms with Gasteiger partial charge in [-0.25, -0.2) is 0 Å². The number of carbonyl (C=O) groups is 3. The summed E-state index contributed by atoms with van der Waals surface area (Å²) in [5.41, 5.74) is 5.63. The molecule has 7 nitrogen and oxygen atoms in total. The Morgan fingerprint density at radius 3 is 2.66 bits per heavy atom. The van der Waals surface area contributed by atoms with E-state index in [1.165, 1.54) is 5.56 Å². The molecule has 0 atom stereocenters. The Bertz CT molecular complexity index is 1250. The van der Waals surface area contributed by atoms with E-state index in [0.29, 0.717) is 38.0 Å². The van der Waals surface area contributed by atoms with E-state index in [1.54, 1.807) is 28.4 Å². The van der Waals surface area contributed by atoms with Crippen molar-refractivity contribution < 1.29 is 14.4 Å². The van der Waals surface area contributed by atoms with Gasteiger partial charge in [0.25, 0.3) is 5.91 Å². The van der Waals surface area contributed by atoms with E-state index >= 15 is 0 Å². The first kappa shape index (κ1) is 23.2. The van der Waals surface area contributed by atoms with Crippen molar-refractivity contribution in [2.45, 2.75) is 45.7 Å². The number of nitrogens with one attached hydrogen (secondary N) is 1. The number of carbonyl (C=O) groups excluding carboxylic acids is 3. The lowest BCUT2D eigenvalue weighted by Gasteiger charge is -2.30. The molecule has 1 aromatic carbocycles. The van der Waals surface area contributed by atoms with Crippen LogP contribution in [0.3, 0.4) is 0 Å². The van der Waals surface area contributed by atoms with Gasteiger partial charge in [-0.1, -0.05) is 6.07 Å². The van der Waals surface area contributed by atoms with Gasteiger partial charge in [0.1, 0.15) is 0 Å². The van der Waals surface area contributed by atoms with E-state index < -0.39 is 0 Å². The molecular weight excluding hydrogens is 460 g/mol. The molecule has 1 N–H and O–H groups in total. The quantitative estimate of drug-likeness (QED) is 0.574. The summed E-state index contributed by atoms with van der Waals surface area (Å²) in [4.78, 5) is 46.8. The molecule has 1 fully saturated rings. The fraction of sp³-hybridized carbons (Fsp3) is 0.333. The lowest BCUT2D eigenvalue weighted by molar-refractivity contribution is -0.120. The van der Waals surface area contributed by atoms with E-state index in [4.69, 9.17) is 0 Å². The second kappa shape index (κ2) is 10.00. The third kappa shape index (κ3) is 4.98. The van der Waals surface area contributed by atoms with Crippen molar-refractivity contribution in [3.63, 3.8) is 0 Å². The Hall–Kier alpha value is -3.52. The molecule has 2 aliphatic rings. The van der Waals surface area contributed by atoms with Crippen LogP contribution >= 0.6 is 11.3 Å². The van der Waals surface area contributed by atoms with E-state index in [0.717, 1.165) is 46.8 Å². The Kier molecular flexibility index (Phi) is 6.63. The van der Waals surface area contributed by atoms with Gasteiger partial charge in [-0.15, -0.1) is 11.3 Å². The first-order chi connectivity index (χ1) is 17.0. The number of fused-ring (bicyclic) bond motifs is 1. The van der Waals surface area contributed by atoms with Crippen molar-refractivity contribution in [1.29, 1.82) is 0 Å². The number of nitrogens with zero attached hydrogens (tertiary/aromatic N) is 3. The average molecular weight is 489 g/mol. The van der Waals surface area contributed by atoms with Crippen LogP contribution in [-0.4, -0.2) is 40.7 Å². The highest BCUT2D eigenvalue weighted by Crippen LogP contribution is 2.26. The molecule has 35 heavy (non-hydrogen) atoms. The van der Waals surface area contributed by atoms with Crippen LogP contribution in [0.5, 0.6) is 0 Å². The van der Waals surface area contributed by atoms with Crippen molar-refractivity contribution in [3.05, 3.63) is 80.8 Å².